The van der Waals surface area contributed by atoms with E-state index in [-0.39, 0.29) is 0 Å². The maximum atomic E-state index is 11.9. The van der Waals surface area contributed by atoms with Gasteiger partial charge in [-0.1, -0.05) is 4.49 Å². The lowest BCUT2D eigenvalue weighted by molar-refractivity contribution is 0.0739. The van der Waals surface area contributed by atoms with Crippen LogP contribution in [0.4, 0.5) is 0 Å². The minimum absolute atomic E-state index is 0.418. The molecule has 0 radical (unpaired) electrons. The van der Waals surface area contributed by atoms with Crippen molar-refractivity contribution in [2.45, 2.75) is 6.92 Å². The molecule has 7 heteroatoms. The fourth-order valence-electron chi connectivity index (χ4n) is 1.75. The number of hydrogen-bond donors (Lipinski definition) is 0. The third-order valence-electron chi connectivity index (χ3n) is 2.74. The van der Waals surface area contributed by atoms with Crippen molar-refractivity contribution < 1.29 is 9.53 Å². The van der Waals surface area contributed by atoms with Crippen molar-refractivity contribution in [3.05, 3.63) is 35.1 Å². The molecule has 0 saturated carbocycles. The van der Waals surface area contributed by atoms with Crippen LogP contribution in [-0.2, 0) is 7.05 Å². The third-order valence-corrected chi connectivity index (χ3v) is 3.55. The monoisotopic (exact) mass is 274 g/mol. The summed E-state index contributed by atoms with van der Waals surface area (Å²) < 4.78 is 10.9. The molecule has 0 N–H and O–H groups in total. The number of aromatic nitrogens is 4. The molecule has 0 atom stereocenters. The van der Waals surface area contributed by atoms with Crippen LogP contribution < -0.4 is 4.74 Å². The lowest BCUT2D eigenvalue weighted by Crippen LogP contribution is -2.08. The summed E-state index contributed by atoms with van der Waals surface area (Å²) >= 11 is 1.03. The molecule has 96 valence electrons. The smallest absolute Gasteiger partial charge is 0.357 e. The van der Waals surface area contributed by atoms with Crippen molar-refractivity contribution in [2.75, 3.05) is 0 Å². The van der Waals surface area contributed by atoms with Crippen LogP contribution in [0.2, 0.25) is 0 Å². The van der Waals surface area contributed by atoms with Crippen LogP contribution in [0, 0.1) is 6.92 Å². The van der Waals surface area contributed by atoms with E-state index < -0.39 is 5.97 Å². The number of benzene rings is 1. The highest BCUT2D eigenvalue weighted by Crippen LogP contribution is 2.21. The second kappa shape index (κ2) is 4.43. The Hall–Kier alpha value is -2.28. The zero-order valence-electron chi connectivity index (χ0n) is 10.3. The van der Waals surface area contributed by atoms with E-state index >= 15 is 0 Å². The summed E-state index contributed by atoms with van der Waals surface area (Å²) in [6.45, 7) is 1.72. The summed E-state index contributed by atoms with van der Waals surface area (Å²) in [5.74, 6) is 0.0202. The van der Waals surface area contributed by atoms with E-state index in [1.165, 1.54) is 0 Å². The lowest BCUT2D eigenvalue weighted by Gasteiger charge is -2.02. The van der Waals surface area contributed by atoms with Gasteiger partial charge in [0.1, 0.15) is 5.75 Å². The van der Waals surface area contributed by atoms with Gasteiger partial charge in [0.25, 0.3) is 0 Å². The Labute approximate surface area is 112 Å². The van der Waals surface area contributed by atoms with Gasteiger partial charge in [-0.25, -0.2) is 9.78 Å². The fraction of sp³-hybridized carbons (Fsp3) is 0.167. The van der Waals surface area contributed by atoms with Crippen LogP contribution in [-0.4, -0.2) is 25.1 Å². The van der Waals surface area contributed by atoms with E-state index in [0.717, 1.165) is 22.6 Å². The fourth-order valence-corrected chi connectivity index (χ4v) is 2.29. The Kier molecular flexibility index (Phi) is 2.75. The van der Waals surface area contributed by atoms with Gasteiger partial charge in [-0.15, -0.1) is 5.10 Å². The van der Waals surface area contributed by atoms with Gasteiger partial charge in [0, 0.05) is 13.1 Å². The summed E-state index contributed by atoms with van der Waals surface area (Å²) in [6.07, 6.45) is 1.72. The summed E-state index contributed by atoms with van der Waals surface area (Å²) in [7, 11) is 1.91. The summed E-state index contributed by atoms with van der Waals surface area (Å²) in [5, 5.41) is 3.78. The first-order valence-corrected chi connectivity index (χ1v) is 6.34. The van der Waals surface area contributed by atoms with Crippen molar-refractivity contribution in [1.29, 1.82) is 0 Å². The molecule has 2 heterocycles. The predicted molar refractivity (Wildman–Crippen MR) is 70.3 cm³/mol. The van der Waals surface area contributed by atoms with E-state index in [2.05, 4.69) is 14.6 Å². The molecule has 0 amide bonds. The Bertz CT molecular complexity index is 762. The van der Waals surface area contributed by atoms with E-state index in [9.17, 15) is 4.79 Å². The van der Waals surface area contributed by atoms with Gasteiger partial charge in [-0.3, -0.25) is 0 Å². The van der Waals surface area contributed by atoms with Crippen LogP contribution in [0.25, 0.3) is 11.0 Å². The molecular weight excluding hydrogens is 264 g/mol. The SMILES string of the molecule is Cc1nnsc1C(=O)Oc1ccc2c(c1)ncn2C. The first kappa shape index (κ1) is 11.8. The van der Waals surface area contributed by atoms with Crippen LogP contribution in [0.1, 0.15) is 15.4 Å². The highest BCUT2D eigenvalue weighted by molar-refractivity contribution is 7.07. The second-order valence-electron chi connectivity index (χ2n) is 4.08. The molecule has 2 aromatic heterocycles. The Morgan fingerprint density at radius 1 is 1.42 bits per heavy atom. The quantitative estimate of drug-likeness (QED) is 0.527. The van der Waals surface area contributed by atoms with Crippen molar-refractivity contribution in [3.8, 4) is 5.75 Å². The number of fused-ring (bicyclic) bond motifs is 1. The molecule has 0 unspecified atom stereocenters. The number of esters is 1. The molecule has 19 heavy (non-hydrogen) atoms. The molecule has 3 aromatic rings. The number of ether oxygens (including phenoxy) is 1. The minimum atomic E-state index is -0.442. The number of carbonyl (C=O) groups is 1. The van der Waals surface area contributed by atoms with Crippen molar-refractivity contribution in [1.82, 2.24) is 19.1 Å². The Morgan fingerprint density at radius 3 is 3.00 bits per heavy atom. The van der Waals surface area contributed by atoms with E-state index in [4.69, 9.17) is 4.74 Å². The van der Waals surface area contributed by atoms with Gasteiger partial charge in [0.05, 0.1) is 23.1 Å². The van der Waals surface area contributed by atoms with Gasteiger partial charge < -0.3 is 9.30 Å². The molecule has 0 saturated heterocycles. The maximum Gasteiger partial charge on any atom is 0.357 e. The van der Waals surface area contributed by atoms with Gasteiger partial charge in [-0.2, -0.15) is 0 Å². The van der Waals surface area contributed by atoms with Crippen molar-refractivity contribution >= 4 is 28.5 Å². The largest absolute Gasteiger partial charge is 0.422 e. The molecule has 6 nitrogen and oxygen atoms in total. The lowest BCUT2D eigenvalue weighted by atomic mass is 10.3. The van der Waals surface area contributed by atoms with Gasteiger partial charge in [-0.05, 0) is 30.6 Å². The molecular formula is C12H10N4O2S. The number of carbonyl (C=O) groups excluding carboxylic acids is 1. The summed E-state index contributed by atoms with van der Waals surface area (Å²) in [5.41, 5.74) is 2.34. The minimum Gasteiger partial charge on any atom is -0.422 e. The molecule has 1 aromatic carbocycles. The third kappa shape index (κ3) is 2.08. The Balaban J connectivity index is 1.89. The summed E-state index contributed by atoms with van der Waals surface area (Å²) in [6, 6.07) is 5.34. The topological polar surface area (TPSA) is 69.9 Å². The van der Waals surface area contributed by atoms with Crippen LogP contribution in [0.3, 0.4) is 0 Å². The number of aryl methyl sites for hydroxylation is 2. The standard InChI is InChI=1S/C12H10N4O2S/c1-7-11(19-15-14-7)12(17)18-8-3-4-10-9(5-8)13-6-16(10)2/h3-6H,1-2H3. The van der Waals surface area contributed by atoms with Gasteiger partial charge >= 0.3 is 5.97 Å². The zero-order chi connectivity index (χ0) is 13.4. The van der Waals surface area contributed by atoms with Crippen molar-refractivity contribution in [2.24, 2.45) is 7.05 Å². The van der Waals surface area contributed by atoms with E-state index in [1.807, 2.05) is 17.7 Å². The van der Waals surface area contributed by atoms with Gasteiger partial charge in [0.2, 0.25) is 0 Å². The first-order valence-electron chi connectivity index (χ1n) is 5.57. The number of hydrogen-bond acceptors (Lipinski definition) is 6. The van der Waals surface area contributed by atoms with Gasteiger partial charge in [0.15, 0.2) is 4.88 Å². The summed E-state index contributed by atoms with van der Waals surface area (Å²) in [4.78, 5) is 16.6. The highest BCUT2D eigenvalue weighted by atomic mass is 32.1. The average molecular weight is 274 g/mol. The van der Waals surface area contributed by atoms with Crippen LogP contribution in [0.5, 0.6) is 5.75 Å². The molecule has 3 rings (SSSR count). The van der Waals surface area contributed by atoms with Crippen LogP contribution in [0.15, 0.2) is 24.5 Å². The Morgan fingerprint density at radius 2 is 2.26 bits per heavy atom. The molecule has 0 aliphatic rings. The maximum absolute atomic E-state index is 11.9. The molecule has 0 fully saturated rings. The molecule has 0 aliphatic heterocycles. The molecule has 0 bridgehead atoms. The number of rotatable bonds is 2. The van der Waals surface area contributed by atoms with Crippen molar-refractivity contribution in [3.63, 3.8) is 0 Å². The molecule has 0 spiro atoms. The average Bonchev–Trinajstić information content (AvgIpc) is 2.96. The van der Waals surface area contributed by atoms with Crippen LogP contribution >= 0.6 is 11.5 Å². The second-order valence-corrected chi connectivity index (χ2v) is 4.84. The highest BCUT2D eigenvalue weighted by Gasteiger charge is 2.16. The normalized spacial score (nSPS) is 10.8. The number of imidazole rings is 1. The predicted octanol–water partition coefficient (Wildman–Crippen LogP) is 1.95. The van der Waals surface area contributed by atoms with E-state index in [1.54, 1.807) is 25.4 Å². The molecule has 0 aliphatic carbocycles. The first-order chi connectivity index (χ1) is 9.15. The van der Waals surface area contributed by atoms with E-state index in [0.29, 0.717) is 16.3 Å². The number of nitrogens with zero attached hydrogens (tertiary/aromatic N) is 4. The zero-order valence-corrected chi connectivity index (χ0v) is 11.1.